The number of fused-ring (bicyclic) bond motifs is 1. The first kappa shape index (κ1) is 17.8. The summed E-state index contributed by atoms with van der Waals surface area (Å²) in [6.07, 6.45) is 6.39. The summed E-state index contributed by atoms with van der Waals surface area (Å²) in [5.41, 5.74) is 7.84. The van der Waals surface area contributed by atoms with Gasteiger partial charge in [0.25, 0.3) is 0 Å². The first-order valence-electron chi connectivity index (χ1n) is 8.36. The largest absolute Gasteiger partial charge is 0.480 e. The quantitative estimate of drug-likeness (QED) is 0.494. The topological polar surface area (TPSA) is 113 Å². The maximum atomic E-state index is 12.3. The molecule has 2 fully saturated rings. The van der Waals surface area contributed by atoms with Crippen LogP contribution in [0.1, 0.15) is 39.5 Å². The van der Waals surface area contributed by atoms with Crippen LogP contribution in [0.5, 0.6) is 0 Å². The van der Waals surface area contributed by atoms with Gasteiger partial charge >= 0.3 is 5.97 Å². The predicted octanol–water partition coefficient (Wildman–Crippen LogP) is 0.961. The molecule has 2 amide bonds. The fourth-order valence-corrected chi connectivity index (χ4v) is 5.25. The molecule has 7 nitrogen and oxygen atoms in total. The second-order valence-electron chi connectivity index (χ2n) is 7.15. The summed E-state index contributed by atoms with van der Waals surface area (Å²) in [5.74, 6) is -1.53. The lowest BCUT2D eigenvalue weighted by molar-refractivity contribution is -0.161. The van der Waals surface area contributed by atoms with Crippen molar-refractivity contribution in [2.24, 2.45) is 5.73 Å². The zero-order chi connectivity index (χ0) is 18.4. The minimum Gasteiger partial charge on any atom is -0.480 e. The molecule has 0 aromatic carbocycles. The second kappa shape index (κ2) is 6.40. The third-order valence-electron chi connectivity index (χ3n) is 4.97. The smallest absolute Gasteiger partial charge is 0.327 e. The second-order valence-corrected chi connectivity index (χ2v) is 8.92. The fourth-order valence-electron chi connectivity index (χ4n) is 3.63. The fraction of sp³-hybridized carbons (Fsp3) is 0.588. The van der Waals surface area contributed by atoms with Gasteiger partial charge in [0.2, 0.25) is 11.8 Å². The number of nitrogens with zero attached hydrogens (tertiary/aromatic N) is 1. The number of hydrogen-bond donors (Lipinski definition) is 3. The van der Waals surface area contributed by atoms with Crippen molar-refractivity contribution in [2.75, 3.05) is 0 Å². The van der Waals surface area contributed by atoms with Crippen molar-refractivity contribution in [2.45, 2.75) is 61.7 Å². The number of nitrogens with two attached hydrogens (primary N) is 1. The molecule has 2 aliphatic heterocycles. The zero-order valence-corrected chi connectivity index (χ0v) is 15.1. The maximum absolute atomic E-state index is 12.3. The Morgan fingerprint density at radius 2 is 2.08 bits per heavy atom. The number of allylic oxidation sites excluding steroid dienone is 3. The minimum absolute atomic E-state index is 0.204. The Kier molecular flexibility index (Phi) is 4.57. The third-order valence-corrected chi connectivity index (χ3v) is 6.54. The van der Waals surface area contributed by atoms with Gasteiger partial charge in [0.05, 0.1) is 0 Å². The van der Waals surface area contributed by atoms with E-state index in [1.165, 1.54) is 16.7 Å². The van der Waals surface area contributed by atoms with Crippen LogP contribution < -0.4 is 11.1 Å². The summed E-state index contributed by atoms with van der Waals surface area (Å²) in [7, 11) is 0. The van der Waals surface area contributed by atoms with Gasteiger partial charge < -0.3 is 21.1 Å². The zero-order valence-electron chi connectivity index (χ0n) is 14.3. The van der Waals surface area contributed by atoms with E-state index in [0.717, 1.165) is 24.1 Å². The molecule has 2 saturated heterocycles. The van der Waals surface area contributed by atoms with Gasteiger partial charge in [0, 0.05) is 23.3 Å². The van der Waals surface area contributed by atoms with Crippen molar-refractivity contribution in [1.29, 1.82) is 0 Å². The molecule has 8 heteroatoms. The average molecular weight is 365 g/mol. The van der Waals surface area contributed by atoms with E-state index >= 15 is 0 Å². The number of carboxylic acid groups (broad SMARTS) is 1. The summed E-state index contributed by atoms with van der Waals surface area (Å²) in [5, 5.41) is 11.8. The highest BCUT2D eigenvalue weighted by Gasteiger charge is 2.64. The van der Waals surface area contributed by atoms with Gasteiger partial charge in [-0.2, -0.15) is 0 Å². The Bertz CT molecular complexity index is 685. The van der Waals surface area contributed by atoms with Crippen LogP contribution in [0.2, 0.25) is 0 Å². The molecule has 0 bridgehead atoms. The number of carbonyl (C=O) groups excluding carboxylic acids is 2. The van der Waals surface area contributed by atoms with Gasteiger partial charge in [-0.15, -0.1) is 11.8 Å². The van der Waals surface area contributed by atoms with Gasteiger partial charge in [0.15, 0.2) is 0 Å². The molecular weight excluding hydrogens is 342 g/mol. The molecule has 0 spiro atoms. The van der Waals surface area contributed by atoms with Crippen molar-refractivity contribution >= 4 is 29.5 Å². The standard InChI is InChI=1S/C17H23N3O4S/c1-17(2)13(16(23)24)20-14(22)12(15(20)25-17)19-11(21)8-7-9-5-3-4-6-10(9)18/h3-4,12-13,15H,5-8,18H2,1-2H3,(H,19,21)(H,23,24)/t12-,13+,15-/m1/s1. The minimum atomic E-state index is -1.01. The molecule has 3 atom stereocenters. The van der Waals surface area contributed by atoms with Gasteiger partial charge in [-0.05, 0) is 32.3 Å². The highest BCUT2D eigenvalue weighted by atomic mass is 32.2. The number of hydrogen-bond acceptors (Lipinski definition) is 5. The van der Waals surface area contributed by atoms with Crippen LogP contribution in [0, 0.1) is 0 Å². The van der Waals surface area contributed by atoms with Crippen LogP contribution in [-0.2, 0) is 14.4 Å². The number of carbonyl (C=O) groups is 3. The van der Waals surface area contributed by atoms with Crippen LogP contribution in [0.4, 0.5) is 0 Å². The molecule has 3 aliphatic rings. The Balaban J connectivity index is 1.57. The predicted molar refractivity (Wildman–Crippen MR) is 94.5 cm³/mol. The van der Waals surface area contributed by atoms with Crippen LogP contribution >= 0.6 is 11.8 Å². The van der Waals surface area contributed by atoms with E-state index in [4.69, 9.17) is 5.73 Å². The van der Waals surface area contributed by atoms with Gasteiger partial charge in [-0.1, -0.05) is 12.2 Å². The molecule has 1 aliphatic carbocycles. The molecule has 4 N–H and O–H groups in total. The van der Waals surface area contributed by atoms with Crippen molar-refractivity contribution in [1.82, 2.24) is 10.2 Å². The Labute approximate surface area is 150 Å². The highest BCUT2D eigenvalue weighted by molar-refractivity contribution is 8.01. The molecule has 0 saturated carbocycles. The van der Waals surface area contributed by atoms with Gasteiger partial charge in [-0.25, -0.2) is 4.79 Å². The maximum Gasteiger partial charge on any atom is 0.327 e. The van der Waals surface area contributed by atoms with Crippen molar-refractivity contribution < 1.29 is 19.5 Å². The summed E-state index contributed by atoms with van der Waals surface area (Å²) < 4.78 is -0.584. The third kappa shape index (κ3) is 3.15. The first-order valence-corrected chi connectivity index (χ1v) is 9.24. The van der Waals surface area contributed by atoms with E-state index in [1.54, 1.807) is 0 Å². The number of thioether (sulfide) groups is 1. The van der Waals surface area contributed by atoms with Crippen LogP contribution in [-0.4, -0.2) is 50.0 Å². The van der Waals surface area contributed by atoms with Crippen molar-refractivity contribution in [3.05, 3.63) is 23.4 Å². The van der Waals surface area contributed by atoms with Crippen molar-refractivity contribution in [3.63, 3.8) is 0 Å². The van der Waals surface area contributed by atoms with Gasteiger partial charge in [-0.3, -0.25) is 9.59 Å². The molecule has 0 radical (unpaired) electrons. The lowest BCUT2D eigenvalue weighted by Crippen LogP contribution is -2.70. The van der Waals surface area contributed by atoms with E-state index in [2.05, 4.69) is 5.32 Å². The SMILES string of the molecule is CC1(C)S[C@@H]2[C@H](NC(=O)CCC3=C(N)CC=CC3)C(=O)N2[C@H]1C(=O)O. The molecule has 0 aromatic rings. The Morgan fingerprint density at radius 3 is 2.72 bits per heavy atom. The van der Waals surface area contributed by atoms with Gasteiger partial charge in [0.1, 0.15) is 17.5 Å². The first-order chi connectivity index (χ1) is 11.7. The lowest BCUT2D eigenvalue weighted by Gasteiger charge is -2.43. The number of rotatable bonds is 5. The molecule has 2 heterocycles. The number of amides is 2. The summed E-state index contributed by atoms with van der Waals surface area (Å²) >= 11 is 1.43. The van der Waals surface area contributed by atoms with E-state index in [-0.39, 0.29) is 23.6 Å². The van der Waals surface area contributed by atoms with E-state index in [1.807, 2.05) is 26.0 Å². The Morgan fingerprint density at radius 1 is 1.40 bits per heavy atom. The summed E-state index contributed by atoms with van der Waals surface area (Å²) in [4.78, 5) is 37.4. The number of nitrogens with one attached hydrogen (secondary N) is 1. The summed E-state index contributed by atoms with van der Waals surface area (Å²) in [6, 6.07) is -1.50. The monoisotopic (exact) mass is 365 g/mol. The number of aliphatic carboxylic acids is 1. The van der Waals surface area contributed by atoms with Crippen molar-refractivity contribution in [3.8, 4) is 0 Å². The number of carboxylic acids is 1. The molecule has 25 heavy (non-hydrogen) atoms. The molecular formula is C17H23N3O4S. The number of β-lactam (4-membered cyclic amide) rings is 1. The average Bonchev–Trinajstić information content (AvgIpc) is 2.80. The highest BCUT2D eigenvalue weighted by Crippen LogP contribution is 2.50. The van der Waals surface area contributed by atoms with E-state index in [0.29, 0.717) is 6.42 Å². The molecule has 3 rings (SSSR count). The normalized spacial score (nSPS) is 30.1. The van der Waals surface area contributed by atoms with Crippen LogP contribution in [0.25, 0.3) is 0 Å². The Hall–Kier alpha value is -1.96. The lowest BCUT2D eigenvalue weighted by atomic mass is 9.95. The summed E-state index contributed by atoms with van der Waals surface area (Å²) in [6.45, 7) is 3.62. The van der Waals surface area contributed by atoms with E-state index in [9.17, 15) is 19.5 Å². The van der Waals surface area contributed by atoms with E-state index < -0.39 is 22.8 Å². The molecule has 0 aromatic heterocycles. The molecule has 0 unspecified atom stereocenters. The van der Waals surface area contributed by atoms with Crippen LogP contribution in [0.3, 0.4) is 0 Å². The molecule has 136 valence electrons. The van der Waals surface area contributed by atoms with Crippen LogP contribution in [0.15, 0.2) is 23.4 Å².